The molecule has 2 fully saturated rings. The molecular weight excluding hydrogens is 336 g/mol. The number of piperidine rings is 1. The fourth-order valence-electron chi connectivity index (χ4n) is 3.76. The Bertz CT molecular complexity index is 569. The molecule has 1 saturated heterocycles. The fraction of sp³-hybridized carbons (Fsp3) is 0.667. The van der Waals surface area contributed by atoms with Crippen LogP contribution in [-0.4, -0.2) is 60.0 Å². The first-order chi connectivity index (χ1) is 11.8. The summed E-state index contributed by atoms with van der Waals surface area (Å²) in [6.45, 7) is 1.98. The van der Waals surface area contributed by atoms with E-state index in [-0.39, 0.29) is 30.2 Å². The molecule has 0 spiro atoms. The number of hydrogen-bond acceptors (Lipinski definition) is 3. The first-order valence-electron chi connectivity index (χ1n) is 8.70. The number of rotatable bonds is 5. The molecule has 1 aromatic carbocycles. The van der Waals surface area contributed by atoms with Gasteiger partial charge in [0.2, 0.25) is 6.23 Å². The van der Waals surface area contributed by atoms with Crippen molar-refractivity contribution in [3.05, 3.63) is 35.6 Å². The van der Waals surface area contributed by atoms with Crippen molar-refractivity contribution in [3.63, 3.8) is 0 Å². The second-order valence-corrected chi connectivity index (χ2v) is 7.32. The van der Waals surface area contributed by atoms with Gasteiger partial charge in [-0.15, -0.1) is 0 Å². The van der Waals surface area contributed by atoms with Crippen LogP contribution in [0, 0.1) is 11.7 Å². The number of aliphatic hydroxyl groups is 1. The summed E-state index contributed by atoms with van der Waals surface area (Å²) in [4.78, 5) is 3.38. The van der Waals surface area contributed by atoms with E-state index < -0.39 is 12.4 Å². The molecule has 3 nitrogen and oxygen atoms in total. The lowest BCUT2D eigenvalue weighted by molar-refractivity contribution is -0.254. The summed E-state index contributed by atoms with van der Waals surface area (Å²) in [5.74, 6) is -0.286. The number of aliphatic hydroxyl groups excluding tert-OH is 1. The monoisotopic (exact) mass is 360 g/mol. The van der Waals surface area contributed by atoms with Crippen molar-refractivity contribution < 1.29 is 22.7 Å². The highest BCUT2D eigenvalue weighted by Gasteiger charge is 2.52. The highest BCUT2D eigenvalue weighted by atomic mass is 19.4. The third-order valence-electron chi connectivity index (χ3n) is 5.39. The van der Waals surface area contributed by atoms with Crippen LogP contribution in [0.2, 0.25) is 0 Å². The average Bonchev–Trinajstić information content (AvgIpc) is 3.34. The third kappa shape index (κ3) is 4.51. The van der Waals surface area contributed by atoms with Gasteiger partial charge in [-0.25, -0.2) is 4.39 Å². The van der Waals surface area contributed by atoms with E-state index in [9.17, 15) is 22.7 Å². The van der Waals surface area contributed by atoms with Gasteiger partial charge in [0.25, 0.3) is 0 Å². The minimum Gasteiger partial charge on any atom is -0.370 e. The summed E-state index contributed by atoms with van der Waals surface area (Å²) in [7, 11) is 2.00. The van der Waals surface area contributed by atoms with Gasteiger partial charge in [0.1, 0.15) is 5.82 Å². The highest BCUT2D eigenvalue weighted by Crippen LogP contribution is 2.47. The van der Waals surface area contributed by atoms with E-state index in [4.69, 9.17) is 0 Å². The van der Waals surface area contributed by atoms with Crippen LogP contribution in [0.25, 0.3) is 0 Å². The van der Waals surface area contributed by atoms with Gasteiger partial charge in [-0.2, -0.15) is 13.2 Å². The molecule has 1 N–H and O–H groups in total. The predicted octanol–water partition coefficient (Wildman–Crippen LogP) is 3.21. The number of hydrogen-bond donors (Lipinski definition) is 1. The molecule has 3 rings (SSSR count). The molecule has 0 bridgehead atoms. The first kappa shape index (κ1) is 18.6. The largest absolute Gasteiger partial charge is 0.428 e. The molecular formula is C18H24F4N2O. The lowest BCUT2D eigenvalue weighted by Crippen LogP contribution is -2.50. The standard InChI is InChI=1S/C18H24F4N2O/c1-23-8-6-12(7-9-23)11-24(17(25)18(20,21)22)16-10-15(16)13-2-4-14(19)5-3-13/h2-5,12,15-17,25H,6-11H2,1H3. The third-order valence-corrected chi connectivity index (χ3v) is 5.39. The van der Waals surface area contributed by atoms with Gasteiger partial charge in [0.15, 0.2) is 0 Å². The van der Waals surface area contributed by atoms with Crippen LogP contribution in [0.5, 0.6) is 0 Å². The normalized spacial score (nSPS) is 26.8. The molecule has 3 atom stereocenters. The topological polar surface area (TPSA) is 26.7 Å². The van der Waals surface area contributed by atoms with Crippen molar-refractivity contribution in [2.75, 3.05) is 26.7 Å². The van der Waals surface area contributed by atoms with Crippen LogP contribution >= 0.6 is 0 Å². The lowest BCUT2D eigenvalue weighted by Gasteiger charge is -2.36. The maximum absolute atomic E-state index is 13.1. The molecule has 1 aromatic rings. The average molecular weight is 360 g/mol. The van der Waals surface area contributed by atoms with Crippen LogP contribution < -0.4 is 0 Å². The molecule has 1 aliphatic heterocycles. The van der Waals surface area contributed by atoms with Crippen molar-refractivity contribution in [2.45, 2.75) is 43.6 Å². The van der Waals surface area contributed by atoms with Gasteiger partial charge < -0.3 is 10.0 Å². The van der Waals surface area contributed by atoms with Crippen LogP contribution in [0.1, 0.15) is 30.7 Å². The van der Waals surface area contributed by atoms with Gasteiger partial charge in [0.05, 0.1) is 0 Å². The van der Waals surface area contributed by atoms with Gasteiger partial charge in [0, 0.05) is 18.5 Å². The van der Waals surface area contributed by atoms with Crippen LogP contribution in [0.15, 0.2) is 24.3 Å². The van der Waals surface area contributed by atoms with E-state index in [1.807, 2.05) is 7.05 Å². The molecule has 0 amide bonds. The van der Waals surface area contributed by atoms with Crippen LogP contribution in [0.3, 0.4) is 0 Å². The van der Waals surface area contributed by atoms with E-state index in [1.54, 1.807) is 12.1 Å². The Morgan fingerprint density at radius 1 is 1.20 bits per heavy atom. The molecule has 140 valence electrons. The Morgan fingerprint density at radius 2 is 1.80 bits per heavy atom. The second kappa shape index (κ2) is 7.21. The maximum Gasteiger partial charge on any atom is 0.428 e. The Balaban J connectivity index is 1.70. The first-order valence-corrected chi connectivity index (χ1v) is 8.70. The predicted molar refractivity (Wildman–Crippen MR) is 86.5 cm³/mol. The van der Waals surface area contributed by atoms with Crippen molar-refractivity contribution in [3.8, 4) is 0 Å². The number of benzene rings is 1. The Hall–Kier alpha value is -1.18. The highest BCUT2D eigenvalue weighted by molar-refractivity contribution is 5.28. The molecule has 25 heavy (non-hydrogen) atoms. The smallest absolute Gasteiger partial charge is 0.370 e. The van der Waals surface area contributed by atoms with E-state index in [2.05, 4.69) is 4.90 Å². The number of halogens is 4. The second-order valence-electron chi connectivity index (χ2n) is 7.32. The Morgan fingerprint density at radius 3 is 2.36 bits per heavy atom. The quantitative estimate of drug-likeness (QED) is 0.645. The Kier molecular flexibility index (Phi) is 5.37. The molecule has 2 aliphatic rings. The molecule has 3 unspecified atom stereocenters. The number of nitrogens with zero attached hydrogens (tertiary/aromatic N) is 2. The van der Waals surface area contributed by atoms with E-state index in [0.717, 1.165) is 31.5 Å². The summed E-state index contributed by atoms with van der Waals surface area (Å²) in [6.07, 6.45) is -4.87. The van der Waals surface area contributed by atoms with Crippen LogP contribution in [-0.2, 0) is 0 Å². The van der Waals surface area contributed by atoms with E-state index in [1.165, 1.54) is 17.0 Å². The van der Waals surface area contributed by atoms with Gasteiger partial charge in [-0.05, 0) is 63.0 Å². The summed E-state index contributed by atoms with van der Waals surface area (Å²) >= 11 is 0. The van der Waals surface area contributed by atoms with Crippen molar-refractivity contribution in [1.82, 2.24) is 9.80 Å². The number of alkyl halides is 3. The zero-order valence-corrected chi connectivity index (χ0v) is 14.2. The zero-order valence-electron chi connectivity index (χ0n) is 14.2. The summed E-state index contributed by atoms with van der Waals surface area (Å²) in [5, 5.41) is 9.88. The van der Waals surface area contributed by atoms with Crippen LogP contribution in [0.4, 0.5) is 17.6 Å². The Labute approximate surface area is 145 Å². The van der Waals surface area contributed by atoms with E-state index in [0.29, 0.717) is 6.42 Å². The lowest BCUT2D eigenvalue weighted by atomic mass is 9.96. The van der Waals surface area contributed by atoms with Gasteiger partial charge >= 0.3 is 6.18 Å². The zero-order chi connectivity index (χ0) is 18.2. The molecule has 7 heteroatoms. The van der Waals surface area contributed by atoms with Crippen molar-refractivity contribution >= 4 is 0 Å². The van der Waals surface area contributed by atoms with Crippen molar-refractivity contribution in [2.24, 2.45) is 5.92 Å². The van der Waals surface area contributed by atoms with Gasteiger partial charge in [-0.1, -0.05) is 12.1 Å². The summed E-state index contributed by atoms with van der Waals surface area (Å²) in [5.41, 5.74) is 0.828. The minimum atomic E-state index is -4.67. The van der Waals surface area contributed by atoms with E-state index >= 15 is 0 Å². The summed E-state index contributed by atoms with van der Waals surface area (Å²) < 4.78 is 52.5. The number of likely N-dealkylation sites (tertiary alicyclic amines) is 1. The SMILES string of the molecule is CN1CCC(CN(C2CC2c2ccc(F)cc2)C(O)C(F)(F)F)CC1. The van der Waals surface area contributed by atoms with Gasteiger partial charge in [-0.3, -0.25) is 4.90 Å². The molecule has 1 heterocycles. The molecule has 0 aromatic heterocycles. The maximum atomic E-state index is 13.1. The fourth-order valence-corrected chi connectivity index (χ4v) is 3.76. The molecule has 1 saturated carbocycles. The summed E-state index contributed by atoms with van der Waals surface area (Å²) in [6, 6.07) is 5.54. The minimum absolute atomic E-state index is 0.0798. The molecule has 0 radical (unpaired) electrons. The van der Waals surface area contributed by atoms with Crippen molar-refractivity contribution in [1.29, 1.82) is 0 Å². The molecule has 1 aliphatic carbocycles.